The summed E-state index contributed by atoms with van der Waals surface area (Å²) in [7, 11) is 0. The highest BCUT2D eigenvalue weighted by molar-refractivity contribution is 6.36. The molecule has 0 aromatic heterocycles. The molecule has 1 aromatic rings. The molecular weight excluding hydrogens is 199 g/mol. The summed E-state index contributed by atoms with van der Waals surface area (Å²) in [6, 6.07) is 4.83. The molecule has 0 saturated heterocycles. The van der Waals surface area contributed by atoms with Crippen LogP contribution in [0.2, 0.25) is 10.0 Å². The van der Waals surface area contributed by atoms with Crippen LogP contribution in [-0.2, 0) is 11.2 Å². The van der Waals surface area contributed by atoms with Crippen LogP contribution in [0.3, 0.4) is 0 Å². The molecule has 12 heavy (non-hydrogen) atoms. The molecule has 0 N–H and O–H groups in total. The number of rotatable bonds is 2. The minimum Gasteiger partial charge on any atom is -0.550 e. The number of carboxylic acid groups (broad SMARTS) is 1. The van der Waals surface area contributed by atoms with Crippen LogP contribution in [0.4, 0.5) is 0 Å². The zero-order valence-electron chi connectivity index (χ0n) is 6.01. The van der Waals surface area contributed by atoms with Gasteiger partial charge in [-0.2, -0.15) is 0 Å². The van der Waals surface area contributed by atoms with E-state index in [1.165, 1.54) is 0 Å². The Kier molecular flexibility index (Phi) is 2.95. The smallest absolute Gasteiger partial charge is 0.0459 e. The minimum atomic E-state index is -1.19. The number of carbonyl (C=O) groups excluding carboxylic acids is 1. The molecule has 64 valence electrons. The summed E-state index contributed by atoms with van der Waals surface area (Å²) in [5.41, 5.74) is 0.404. The van der Waals surface area contributed by atoms with E-state index in [-0.39, 0.29) is 6.42 Å². The zero-order valence-corrected chi connectivity index (χ0v) is 7.52. The van der Waals surface area contributed by atoms with Crippen molar-refractivity contribution in [3.8, 4) is 0 Å². The SMILES string of the molecule is O=C([O-])Cc1c(Cl)cccc1Cl. The van der Waals surface area contributed by atoms with Crippen molar-refractivity contribution >= 4 is 29.2 Å². The van der Waals surface area contributed by atoms with Crippen LogP contribution in [0.15, 0.2) is 18.2 Å². The van der Waals surface area contributed by atoms with E-state index in [1.54, 1.807) is 18.2 Å². The molecule has 2 nitrogen and oxygen atoms in total. The molecule has 0 saturated carbocycles. The van der Waals surface area contributed by atoms with E-state index < -0.39 is 5.97 Å². The molecule has 4 heteroatoms. The summed E-state index contributed by atoms with van der Waals surface area (Å²) in [5.74, 6) is -1.19. The van der Waals surface area contributed by atoms with Crippen molar-refractivity contribution < 1.29 is 9.90 Å². The summed E-state index contributed by atoms with van der Waals surface area (Å²) in [6.45, 7) is 0. The Bertz CT molecular complexity index is 290. The summed E-state index contributed by atoms with van der Waals surface area (Å²) < 4.78 is 0. The first-order chi connectivity index (χ1) is 5.61. The normalized spacial score (nSPS) is 9.83. The summed E-state index contributed by atoms with van der Waals surface area (Å²) in [4.78, 5) is 10.2. The monoisotopic (exact) mass is 203 g/mol. The molecule has 0 heterocycles. The minimum absolute atomic E-state index is 0.251. The van der Waals surface area contributed by atoms with E-state index in [4.69, 9.17) is 23.2 Å². The Balaban J connectivity index is 3.04. The van der Waals surface area contributed by atoms with Gasteiger partial charge in [0.05, 0.1) is 0 Å². The number of hydrogen-bond donors (Lipinski definition) is 0. The molecule has 0 fully saturated rings. The highest BCUT2D eigenvalue weighted by Crippen LogP contribution is 2.24. The van der Waals surface area contributed by atoms with Gasteiger partial charge in [-0.15, -0.1) is 0 Å². The summed E-state index contributed by atoms with van der Waals surface area (Å²) >= 11 is 11.4. The Morgan fingerprint density at radius 3 is 2.25 bits per heavy atom. The predicted octanol–water partition coefficient (Wildman–Crippen LogP) is 1.29. The number of benzene rings is 1. The number of aliphatic carboxylic acids is 1. The number of hydrogen-bond acceptors (Lipinski definition) is 2. The van der Waals surface area contributed by atoms with Crippen molar-refractivity contribution in [2.75, 3.05) is 0 Å². The summed E-state index contributed by atoms with van der Waals surface area (Å²) in [5, 5.41) is 11.0. The second-order valence-corrected chi connectivity index (χ2v) is 3.06. The molecule has 0 bridgehead atoms. The van der Waals surface area contributed by atoms with Gasteiger partial charge < -0.3 is 9.90 Å². The fourth-order valence-electron chi connectivity index (χ4n) is 0.846. The first-order valence-corrected chi connectivity index (χ1v) is 3.99. The highest BCUT2D eigenvalue weighted by atomic mass is 35.5. The topological polar surface area (TPSA) is 40.1 Å². The predicted molar refractivity (Wildman–Crippen MR) is 45.2 cm³/mol. The molecular formula is C8H5Cl2O2-. The van der Waals surface area contributed by atoms with Gasteiger partial charge in [0.2, 0.25) is 0 Å². The summed E-state index contributed by atoms with van der Waals surface area (Å²) in [6.07, 6.45) is -0.251. The number of carbonyl (C=O) groups is 1. The highest BCUT2D eigenvalue weighted by Gasteiger charge is 2.04. The Hall–Kier alpha value is -0.730. The van der Waals surface area contributed by atoms with Gasteiger partial charge in [0.15, 0.2) is 0 Å². The van der Waals surface area contributed by atoms with Crippen molar-refractivity contribution in [3.63, 3.8) is 0 Å². The van der Waals surface area contributed by atoms with E-state index >= 15 is 0 Å². The van der Waals surface area contributed by atoms with Crippen LogP contribution >= 0.6 is 23.2 Å². The van der Waals surface area contributed by atoms with E-state index in [2.05, 4.69) is 0 Å². The van der Waals surface area contributed by atoms with Crippen molar-refractivity contribution in [3.05, 3.63) is 33.8 Å². The number of halogens is 2. The molecule has 0 spiro atoms. The molecule has 0 aliphatic rings. The lowest BCUT2D eigenvalue weighted by Crippen LogP contribution is -2.24. The van der Waals surface area contributed by atoms with Crippen molar-refractivity contribution in [1.29, 1.82) is 0 Å². The second-order valence-electron chi connectivity index (χ2n) is 2.25. The van der Waals surface area contributed by atoms with Gasteiger partial charge in [0.1, 0.15) is 0 Å². The average Bonchev–Trinajstić information content (AvgIpc) is 1.97. The third-order valence-electron chi connectivity index (χ3n) is 1.38. The van der Waals surface area contributed by atoms with Gasteiger partial charge in [0, 0.05) is 22.4 Å². The van der Waals surface area contributed by atoms with Crippen LogP contribution < -0.4 is 5.11 Å². The molecule has 1 aromatic carbocycles. The van der Waals surface area contributed by atoms with Crippen molar-refractivity contribution in [2.24, 2.45) is 0 Å². The average molecular weight is 204 g/mol. The van der Waals surface area contributed by atoms with Crippen LogP contribution in [0.5, 0.6) is 0 Å². The van der Waals surface area contributed by atoms with Crippen LogP contribution in [0, 0.1) is 0 Å². The first-order valence-electron chi connectivity index (χ1n) is 3.24. The molecule has 1 rings (SSSR count). The van der Waals surface area contributed by atoms with Crippen LogP contribution in [0.25, 0.3) is 0 Å². The van der Waals surface area contributed by atoms with E-state index in [1.807, 2.05) is 0 Å². The van der Waals surface area contributed by atoms with E-state index in [9.17, 15) is 9.90 Å². The molecule has 0 aliphatic heterocycles. The van der Waals surface area contributed by atoms with Crippen LogP contribution in [-0.4, -0.2) is 5.97 Å². The number of carboxylic acids is 1. The third-order valence-corrected chi connectivity index (χ3v) is 2.09. The van der Waals surface area contributed by atoms with Gasteiger partial charge >= 0.3 is 0 Å². The lowest BCUT2D eigenvalue weighted by atomic mass is 10.1. The van der Waals surface area contributed by atoms with Gasteiger partial charge in [0.25, 0.3) is 0 Å². The van der Waals surface area contributed by atoms with Crippen molar-refractivity contribution in [1.82, 2.24) is 0 Å². The molecule has 0 aliphatic carbocycles. The lowest BCUT2D eigenvalue weighted by Gasteiger charge is -2.06. The Morgan fingerprint density at radius 2 is 1.83 bits per heavy atom. The third kappa shape index (κ3) is 2.13. The maximum Gasteiger partial charge on any atom is 0.0459 e. The fraction of sp³-hybridized carbons (Fsp3) is 0.125. The van der Waals surface area contributed by atoms with E-state index in [0.29, 0.717) is 15.6 Å². The molecule has 0 amide bonds. The second kappa shape index (κ2) is 3.78. The van der Waals surface area contributed by atoms with Gasteiger partial charge in [-0.1, -0.05) is 29.3 Å². The van der Waals surface area contributed by atoms with Gasteiger partial charge in [-0.3, -0.25) is 0 Å². The lowest BCUT2D eigenvalue weighted by molar-refractivity contribution is -0.304. The molecule has 0 unspecified atom stereocenters. The quantitative estimate of drug-likeness (QED) is 0.727. The molecule has 0 radical (unpaired) electrons. The van der Waals surface area contributed by atoms with Gasteiger partial charge in [-0.05, 0) is 17.7 Å². The Morgan fingerprint density at radius 1 is 1.33 bits per heavy atom. The maximum absolute atomic E-state index is 10.2. The zero-order chi connectivity index (χ0) is 9.14. The standard InChI is InChI=1S/C8H6Cl2O2/c9-6-2-1-3-7(10)5(6)4-8(11)12/h1-3H,4H2,(H,11,12)/p-1. The Labute approximate surface area is 79.7 Å². The molecule has 0 atom stereocenters. The fourth-order valence-corrected chi connectivity index (χ4v) is 1.38. The maximum atomic E-state index is 10.2. The van der Waals surface area contributed by atoms with Crippen molar-refractivity contribution in [2.45, 2.75) is 6.42 Å². The largest absolute Gasteiger partial charge is 0.550 e. The van der Waals surface area contributed by atoms with Gasteiger partial charge in [-0.25, -0.2) is 0 Å². The van der Waals surface area contributed by atoms with Crippen LogP contribution in [0.1, 0.15) is 5.56 Å². The van der Waals surface area contributed by atoms with E-state index in [0.717, 1.165) is 0 Å². The first kappa shape index (κ1) is 9.36.